The fourth-order valence-electron chi connectivity index (χ4n) is 2.43. The molecule has 26 heavy (non-hydrogen) atoms. The molecule has 2 N–H and O–H groups in total. The molecule has 8 heteroatoms. The molecule has 0 saturated carbocycles. The van der Waals surface area contributed by atoms with Crippen molar-refractivity contribution in [1.29, 1.82) is 0 Å². The van der Waals surface area contributed by atoms with Gasteiger partial charge in [-0.15, -0.1) is 24.0 Å². The third-order valence-corrected chi connectivity index (χ3v) is 4.17. The number of rotatable bonds is 8. The van der Waals surface area contributed by atoms with Crippen LogP contribution < -0.4 is 15.4 Å². The molecule has 0 amide bonds. The lowest BCUT2D eigenvalue weighted by Gasteiger charge is -2.13. The van der Waals surface area contributed by atoms with Gasteiger partial charge in [-0.2, -0.15) is 5.10 Å². The second kappa shape index (κ2) is 12.2. The quantitative estimate of drug-likeness (QED) is 0.235. The third kappa shape index (κ3) is 7.94. The first-order valence-corrected chi connectivity index (χ1v) is 9.21. The zero-order valence-electron chi connectivity index (χ0n) is 15.5. The molecule has 0 unspecified atom stereocenters. The number of aromatic nitrogens is 2. The van der Waals surface area contributed by atoms with Crippen LogP contribution in [0.5, 0.6) is 5.75 Å². The van der Waals surface area contributed by atoms with Gasteiger partial charge in [0.15, 0.2) is 5.96 Å². The smallest absolute Gasteiger partial charge is 0.191 e. The van der Waals surface area contributed by atoms with E-state index in [1.165, 1.54) is 5.69 Å². The van der Waals surface area contributed by atoms with Crippen LogP contribution >= 0.6 is 39.9 Å². The lowest BCUT2D eigenvalue weighted by atomic mass is 10.3. The molecule has 0 aliphatic heterocycles. The average molecular weight is 536 g/mol. The van der Waals surface area contributed by atoms with Crippen LogP contribution in [0.3, 0.4) is 0 Å². The van der Waals surface area contributed by atoms with Crippen molar-refractivity contribution in [2.75, 3.05) is 26.7 Å². The van der Waals surface area contributed by atoms with Crippen LogP contribution in [0.2, 0.25) is 0 Å². The number of hydrogen-bond donors (Lipinski definition) is 2. The van der Waals surface area contributed by atoms with Crippen molar-refractivity contribution in [3.05, 3.63) is 46.2 Å². The second-order valence-electron chi connectivity index (χ2n) is 5.73. The lowest BCUT2D eigenvalue weighted by molar-refractivity contribution is 0.322. The Labute approximate surface area is 181 Å². The Hall–Kier alpha value is -1.29. The first-order chi connectivity index (χ1) is 12.1. The minimum atomic E-state index is 0. The van der Waals surface area contributed by atoms with Crippen LogP contribution in [-0.4, -0.2) is 42.5 Å². The maximum Gasteiger partial charge on any atom is 0.191 e. The number of aryl methyl sites for hydroxylation is 3. The summed E-state index contributed by atoms with van der Waals surface area (Å²) in [6.45, 7) is 7.10. The van der Waals surface area contributed by atoms with E-state index in [-0.39, 0.29) is 24.0 Å². The molecule has 0 radical (unpaired) electrons. The van der Waals surface area contributed by atoms with Crippen LogP contribution in [0.15, 0.2) is 39.8 Å². The SMILES string of the molecule is CN=C(NCCCn1nc(C)cc1C)NCCOc1ccc(Br)cc1.I. The van der Waals surface area contributed by atoms with Crippen LogP contribution in [0.1, 0.15) is 17.8 Å². The zero-order valence-corrected chi connectivity index (χ0v) is 19.4. The highest BCUT2D eigenvalue weighted by Crippen LogP contribution is 2.15. The molecule has 0 saturated heterocycles. The Bertz CT molecular complexity index is 687. The van der Waals surface area contributed by atoms with E-state index in [9.17, 15) is 0 Å². The van der Waals surface area contributed by atoms with E-state index < -0.39 is 0 Å². The third-order valence-electron chi connectivity index (χ3n) is 3.64. The molecule has 2 aromatic rings. The fraction of sp³-hybridized carbons (Fsp3) is 0.444. The Balaban J connectivity index is 0.00000338. The molecule has 6 nitrogen and oxygen atoms in total. The summed E-state index contributed by atoms with van der Waals surface area (Å²) in [6.07, 6.45) is 0.984. The fourth-order valence-corrected chi connectivity index (χ4v) is 2.69. The number of benzene rings is 1. The van der Waals surface area contributed by atoms with Crippen molar-refractivity contribution in [2.45, 2.75) is 26.8 Å². The van der Waals surface area contributed by atoms with Gasteiger partial charge in [-0.05, 0) is 50.6 Å². The predicted molar refractivity (Wildman–Crippen MR) is 121 cm³/mol. The number of guanidine groups is 1. The Morgan fingerprint density at radius 3 is 2.50 bits per heavy atom. The summed E-state index contributed by atoms with van der Waals surface area (Å²) in [5.41, 5.74) is 2.26. The van der Waals surface area contributed by atoms with Crippen molar-refractivity contribution in [1.82, 2.24) is 20.4 Å². The molecule has 1 aromatic heterocycles. The van der Waals surface area contributed by atoms with Gasteiger partial charge in [0, 0.05) is 30.3 Å². The Kier molecular flexibility index (Phi) is 10.6. The summed E-state index contributed by atoms with van der Waals surface area (Å²) in [5, 5.41) is 11.0. The first kappa shape index (κ1) is 22.8. The van der Waals surface area contributed by atoms with E-state index in [4.69, 9.17) is 4.74 Å². The van der Waals surface area contributed by atoms with Crippen molar-refractivity contribution in [2.24, 2.45) is 4.99 Å². The van der Waals surface area contributed by atoms with E-state index in [1.807, 2.05) is 35.9 Å². The number of nitrogens with zero attached hydrogens (tertiary/aromatic N) is 3. The Morgan fingerprint density at radius 2 is 1.88 bits per heavy atom. The van der Waals surface area contributed by atoms with Gasteiger partial charge in [0.1, 0.15) is 12.4 Å². The maximum atomic E-state index is 5.68. The molecule has 144 valence electrons. The molecule has 0 bridgehead atoms. The van der Waals surface area contributed by atoms with Gasteiger partial charge in [-0.3, -0.25) is 9.67 Å². The molecule has 1 heterocycles. The van der Waals surface area contributed by atoms with Gasteiger partial charge in [-0.25, -0.2) is 0 Å². The lowest BCUT2D eigenvalue weighted by Crippen LogP contribution is -2.39. The van der Waals surface area contributed by atoms with E-state index in [0.717, 1.165) is 41.4 Å². The second-order valence-corrected chi connectivity index (χ2v) is 6.65. The summed E-state index contributed by atoms with van der Waals surface area (Å²) >= 11 is 3.41. The van der Waals surface area contributed by atoms with Gasteiger partial charge in [0.25, 0.3) is 0 Å². The van der Waals surface area contributed by atoms with E-state index in [0.29, 0.717) is 13.2 Å². The van der Waals surface area contributed by atoms with Gasteiger partial charge in [0.2, 0.25) is 0 Å². The number of aliphatic imine (C=N–C) groups is 1. The topological polar surface area (TPSA) is 63.5 Å². The summed E-state index contributed by atoms with van der Waals surface area (Å²) in [5.74, 6) is 1.64. The molecule has 0 spiro atoms. The van der Waals surface area contributed by atoms with Gasteiger partial charge in [0.05, 0.1) is 12.2 Å². The predicted octanol–water partition coefficient (Wildman–Crippen LogP) is 3.51. The molecular formula is C18H27BrIN5O. The van der Waals surface area contributed by atoms with Crippen molar-refractivity contribution in [3.8, 4) is 5.75 Å². The zero-order chi connectivity index (χ0) is 18.1. The Morgan fingerprint density at radius 1 is 1.19 bits per heavy atom. The summed E-state index contributed by atoms with van der Waals surface area (Å²) in [6, 6.07) is 9.91. The van der Waals surface area contributed by atoms with Crippen LogP contribution in [0.25, 0.3) is 0 Å². The summed E-state index contributed by atoms with van der Waals surface area (Å²) in [7, 11) is 1.77. The number of hydrogen-bond acceptors (Lipinski definition) is 3. The minimum absolute atomic E-state index is 0. The molecule has 0 atom stereocenters. The van der Waals surface area contributed by atoms with Crippen LogP contribution in [0.4, 0.5) is 0 Å². The van der Waals surface area contributed by atoms with Gasteiger partial charge in [-0.1, -0.05) is 15.9 Å². The first-order valence-electron chi connectivity index (χ1n) is 8.42. The summed E-state index contributed by atoms with van der Waals surface area (Å²) in [4.78, 5) is 4.22. The van der Waals surface area contributed by atoms with Crippen LogP contribution in [0, 0.1) is 13.8 Å². The highest BCUT2D eigenvalue weighted by atomic mass is 127. The molecule has 0 aliphatic rings. The largest absolute Gasteiger partial charge is 0.492 e. The van der Waals surface area contributed by atoms with Gasteiger partial charge >= 0.3 is 0 Å². The highest BCUT2D eigenvalue weighted by Gasteiger charge is 2.01. The van der Waals surface area contributed by atoms with E-state index in [1.54, 1.807) is 7.05 Å². The van der Waals surface area contributed by atoms with Crippen molar-refractivity contribution >= 4 is 45.9 Å². The number of ether oxygens (including phenoxy) is 1. The number of halogens is 2. The normalized spacial score (nSPS) is 11.0. The van der Waals surface area contributed by atoms with Crippen molar-refractivity contribution in [3.63, 3.8) is 0 Å². The monoisotopic (exact) mass is 535 g/mol. The molecule has 0 aliphatic carbocycles. The molecule has 1 aromatic carbocycles. The average Bonchev–Trinajstić information content (AvgIpc) is 2.92. The molecule has 2 rings (SSSR count). The minimum Gasteiger partial charge on any atom is -0.492 e. The van der Waals surface area contributed by atoms with Gasteiger partial charge < -0.3 is 15.4 Å². The highest BCUT2D eigenvalue weighted by molar-refractivity contribution is 14.0. The van der Waals surface area contributed by atoms with Crippen LogP contribution in [-0.2, 0) is 6.54 Å². The maximum absolute atomic E-state index is 5.68. The van der Waals surface area contributed by atoms with E-state index in [2.05, 4.69) is 49.6 Å². The number of nitrogens with one attached hydrogen (secondary N) is 2. The summed E-state index contributed by atoms with van der Waals surface area (Å²) < 4.78 is 8.76. The molecular weight excluding hydrogens is 509 g/mol. The molecule has 0 fully saturated rings. The van der Waals surface area contributed by atoms with E-state index >= 15 is 0 Å². The van der Waals surface area contributed by atoms with Crippen molar-refractivity contribution < 1.29 is 4.74 Å². The standard InChI is InChI=1S/C18H26BrN5O.HI/c1-14-13-15(2)24(23-14)11-4-9-21-18(20-3)22-10-12-25-17-7-5-16(19)6-8-17;/h5-8,13H,4,9-12H2,1-3H3,(H2,20,21,22);1H.